The second kappa shape index (κ2) is 10.8. The fraction of sp³-hybridized carbons (Fsp3) is 0.241. The number of rotatable bonds is 6. The van der Waals surface area contributed by atoms with Crippen LogP contribution < -0.4 is 5.32 Å². The highest BCUT2D eigenvalue weighted by Gasteiger charge is 2.32. The minimum atomic E-state index is -0.0195. The lowest BCUT2D eigenvalue weighted by atomic mass is 9.91. The number of hydrogen-bond donors (Lipinski definition) is 1. The molecular weight excluding hydrogens is 477 g/mol. The summed E-state index contributed by atoms with van der Waals surface area (Å²) in [5.41, 5.74) is 4.01. The van der Waals surface area contributed by atoms with Gasteiger partial charge in [-0.3, -0.25) is 9.78 Å². The van der Waals surface area contributed by atoms with Crippen molar-refractivity contribution in [2.45, 2.75) is 37.9 Å². The maximum absolute atomic E-state index is 13.5. The van der Waals surface area contributed by atoms with Gasteiger partial charge in [0.2, 0.25) is 0 Å². The molecule has 1 fully saturated rings. The van der Waals surface area contributed by atoms with Crippen LogP contribution in [-0.2, 0) is 13.0 Å². The summed E-state index contributed by atoms with van der Waals surface area (Å²) < 4.78 is 0. The van der Waals surface area contributed by atoms with Crippen LogP contribution in [-0.4, -0.2) is 34.4 Å². The van der Waals surface area contributed by atoms with E-state index in [1.165, 1.54) is 16.5 Å². The second-order valence-corrected chi connectivity index (χ2v) is 9.96. The molecule has 5 rings (SSSR count). The molecule has 35 heavy (non-hydrogen) atoms. The average molecular weight is 504 g/mol. The largest absolute Gasteiger partial charge is 0.335 e. The molecule has 0 spiro atoms. The van der Waals surface area contributed by atoms with Crippen LogP contribution in [0.25, 0.3) is 10.9 Å². The number of carbonyl (C=O) groups is 1. The van der Waals surface area contributed by atoms with E-state index in [9.17, 15) is 4.79 Å². The van der Waals surface area contributed by atoms with Crippen molar-refractivity contribution in [3.8, 4) is 0 Å². The van der Waals surface area contributed by atoms with E-state index in [0.29, 0.717) is 28.2 Å². The predicted octanol–water partition coefficient (Wildman–Crippen LogP) is 6.55. The van der Waals surface area contributed by atoms with Crippen LogP contribution in [0, 0.1) is 0 Å². The molecule has 1 saturated heterocycles. The Hall–Kier alpha value is -2.92. The van der Waals surface area contributed by atoms with Gasteiger partial charge in [-0.25, -0.2) is 0 Å². The summed E-state index contributed by atoms with van der Waals surface area (Å²) in [7, 11) is 0. The van der Waals surface area contributed by atoms with Gasteiger partial charge in [0.15, 0.2) is 0 Å². The number of nitrogens with one attached hydrogen (secondary N) is 1. The molecule has 0 unspecified atom stereocenters. The van der Waals surface area contributed by atoms with E-state index >= 15 is 0 Å². The van der Waals surface area contributed by atoms with Crippen molar-refractivity contribution in [3.05, 3.63) is 112 Å². The van der Waals surface area contributed by atoms with E-state index in [0.717, 1.165) is 31.3 Å². The number of amides is 1. The summed E-state index contributed by atoms with van der Waals surface area (Å²) in [6, 6.07) is 26.1. The van der Waals surface area contributed by atoms with E-state index in [-0.39, 0.29) is 11.9 Å². The topological polar surface area (TPSA) is 45.2 Å². The van der Waals surface area contributed by atoms with Gasteiger partial charge in [-0.05, 0) is 60.7 Å². The molecule has 0 aliphatic carbocycles. The van der Waals surface area contributed by atoms with Gasteiger partial charge < -0.3 is 10.2 Å². The monoisotopic (exact) mass is 503 g/mol. The van der Waals surface area contributed by atoms with Gasteiger partial charge in [-0.1, -0.05) is 71.7 Å². The van der Waals surface area contributed by atoms with Crippen molar-refractivity contribution < 1.29 is 4.79 Å². The van der Waals surface area contributed by atoms with E-state index in [1.807, 2.05) is 41.4 Å². The van der Waals surface area contributed by atoms with Crippen molar-refractivity contribution in [2.75, 3.05) is 6.54 Å². The molecule has 4 aromatic rings. The van der Waals surface area contributed by atoms with E-state index < -0.39 is 0 Å². The third-order valence-electron chi connectivity index (χ3n) is 6.72. The SMILES string of the molecule is O=C(c1cc(Cl)cc(Cl)c1)N1CC[C@@H](NCc2ccnc3ccccc23)C[C@@H]1Cc1ccccc1. The number of piperidine rings is 1. The number of pyridine rings is 1. The third-order valence-corrected chi connectivity index (χ3v) is 7.16. The number of benzene rings is 3. The van der Waals surface area contributed by atoms with Crippen molar-refractivity contribution in [2.24, 2.45) is 0 Å². The molecule has 1 aliphatic rings. The molecule has 1 aromatic heterocycles. The first-order valence-corrected chi connectivity index (χ1v) is 12.7. The third kappa shape index (κ3) is 5.67. The summed E-state index contributed by atoms with van der Waals surface area (Å²) in [4.78, 5) is 20.0. The van der Waals surface area contributed by atoms with Crippen molar-refractivity contribution >= 4 is 40.0 Å². The molecule has 0 saturated carbocycles. The zero-order valence-corrected chi connectivity index (χ0v) is 20.8. The van der Waals surface area contributed by atoms with Gasteiger partial charge in [0.05, 0.1) is 5.52 Å². The van der Waals surface area contributed by atoms with Gasteiger partial charge in [0.25, 0.3) is 5.91 Å². The van der Waals surface area contributed by atoms with Crippen molar-refractivity contribution in [3.63, 3.8) is 0 Å². The number of para-hydroxylation sites is 1. The lowest BCUT2D eigenvalue weighted by Crippen LogP contribution is -2.51. The molecule has 178 valence electrons. The Balaban J connectivity index is 1.34. The fourth-order valence-electron chi connectivity index (χ4n) is 4.99. The molecule has 0 bridgehead atoms. The molecular formula is C29H27Cl2N3O. The molecule has 0 radical (unpaired) electrons. The zero-order chi connectivity index (χ0) is 24.2. The molecule has 1 N–H and O–H groups in total. The van der Waals surface area contributed by atoms with Gasteiger partial charge in [-0.2, -0.15) is 0 Å². The first-order chi connectivity index (χ1) is 17.1. The van der Waals surface area contributed by atoms with E-state index in [4.69, 9.17) is 23.2 Å². The number of aromatic nitrogens is 1. The van der Waals surface area contributed by atoms with Crippen LogP contribution in [0.1, 0.15) is 34.3 Å². The molecule has 2 heterocycles. The minimum Gasteiger partial charge on any atom is -0.335 e. The Kier molecular flexibility index (Phi) is 7.33. The normalized spacial score (nSPS) is 18.1. The van der Waals surface area contributed by atoms with Gasteiger partial charge in [-0.15, -0.1) is 0 Å². The van der Waals surface area contributed by atoms with Crippen LogP contribution in [0.4, 0.5) is 0 Å². The highest BCUT2D eigenvalue weighted by molar-refractivity contribution is 6.35. The summed E-state index contributed by atoms with van der Waals surface area (Å²) in [6.07, 6.45) is 4.43. The highest BCUT2D eigenvalue weighted by atomic mass is 35.5. The first kappa shape index (κ1) is 23.8. The maximum atomic E-state index is 13.5. The van der Waals surface area contributed by atoms with Crippen molar-refractivity contribution in [1.29, 1.82) is 0 Å². The highest BCUT2D eigenvalue weighted by Crippen LogP contribution is 2.27. The van der Waals surface area contributed by atoms with Crippen LogP contribution in [0.15, 0.2) is 85.1 Å². The minimum absolute atomic E-state index is 0.0195. The van der Waals surface area contributed by atoms with Crippen LogP contribution >= 0.6 is 23.2 Å². The first-order valence-electron chi connectivity index (χ1n) is 11.9. The summed E-state index contributed by atoms with van der Waals surface area (Å²) >= 11 is 12.4. The Labute approximate surface area is 215 Å². The average Bonchev–Trinajstić information content (AvgIpc) is 2.87. The van der Waals surface area contributed by atoms with Crippen LogP contribution in [0.2, 0.25) is 10.0 Å². The summed E-state index contributed by atoms with van der Waals surface area (Å²) in [5.74, 6) is -0.0195. The Morgan fingerprint density at radius 2 is 1.71 bits per heavy atom. The lowest BCUT2D eigenvalue weighted by Gasteiger charge is -2.40. The fourth-order valence-corrected chi connectivity index (χ4v) is 5.52. The number of halogens is 2. The standard InChI is InChI=1S/C29H27Cl2N3O/c30-23-15-22(16-24(31)17-23)29(35)34-13-11-25(18-26(34)14-20-6-2-1-3-7-20)33-19-21-10-12-32-28-9-5-4-8-27(21)28/h1-10,12,15-17,25-26,33H,11,13-14,18-19H2/t25-,26+/m1/s1. The second-order valence-electron chi connectivity index (χ2n) is 9.09. The Morgan fingerprint density at radius 1 is 0.971 bits per heavy atom. The zero-order valence-electron chi connectivity index (χ0n) is 19.3. The summed E-state index contributed by atoms with van der Waals surface area (Å²) in [5, 5.41) is 5.88. The maximum Gasteiger partial charge on any atom is 0.254 e. The van der Waals surface area contributed by atoms with Gasteiger partial charge in [0, 0.05) is 52.4 Å². The Bertz CT molecular complexity index is 1300. The number of nitrogens with zero attached hydrogens (tertiary/aromatic N) is 2. The molecule has 6 heteroatoms. The van der Waals surface area contributed by atoms with Gasteiger partial charge in [0.1, 0.15) is 0 Å². The molecule has 3 aromatic carbocycles. The Morgan fingerprint density at radius 3 is 2.51 bits per heavy atom. The number of fused-ring (bicyclic) bond motifs is 1. The summed E-state index contributed by atoms with van der Waals surface area (Å²) in [6.45, 7) is 1.44. The van der Waals surface area contributed by atoms with E-state index in [2.05, 4.69) is 40.6 Å². The van der Waals surface area contributed by atoms with E-state index in [1.54, 1.807) is 18.2 Å². The molecule has 1 amide bonds. The lowest BCUT2D eigenvalue weighted by molar-refractivity contribution is 0.0576. The molecule has 1 aliphatic heterocycles. The number of hydrogen-bond acceptors (Lipinski definition) is 3. The molecule has 4 nitrogen and oxygen atoms in total. The van der Waals surface area contributed by atoms with Crippen molar-refractivity contribution in [1.82, 2.24) is 15.2 Å². The van der Waals surface area contributed by atoms with Gasteiger partial charge >= 0.3 is 0 Å². The molecule has 2 atom stereocenters. The predicted molar refractivity (Wildman–Crippen MR) is 143 cm³/mol. The van der Waals surface area contributed by atoms with Crippen LogP contribution in [0.3, 0.4) is 0 Å². The number of carbonyl (C=O) groups excluding carboxylic acids is 1. The quantitative estimate of drug-likeness (QED) is 0.324. The van der Waals surface area contributed by atoms with Crippen LogP contribution in [0.5, 0.6) is 0 Å². The smallest absolute Gasteiger partial charge is 0.254 e. The number of likely N-dealkylation sites (tertiary alicyclic amines) is 1.